The van der Waals surface area contributed by atoms with Gasteiger partial charge in [-0.2, -0.15) is 0 Å². The molecule has 114 valence electrons. The molecule has 5 heteroatoms. The van der Waals surface area contributed by atoms with Crippen LogP contribution in [0.2, 0.25) is 0 Å². The van der Waals surface area contributed by atoms with Gasteiger partial charge in [-0.1, -0.05) is 12.8 Å². The predicted molar refractivity (Wildman–Crippen MR) is 76.2 cm³/mol. The maximum atomic E-state index is 12.0. The Hall–Kier alpha value is -1.10. The van der Waals surface area contributed by atoms with E-state index in [1.807, 2.05) is 6.92 Å². The average molecular weight is 282 g/mol. The van der Waals surface area contributed by atoms with Crippen LogP contribution in [0.5, 0.6) is 0 Å². The van der Waals surface area contributed by atoms with Gasteiger partial charge in [-0.05, 0) is 39.2 Å². The molecule has 1 heterocycles. The van der Waals surface area contributed by atoms with Crippen LogP contribution in [-0.4, -0.2) is 49.1 Å². The molecule has 1 N–H and O–H groups in total. The van der Waals surface area contributed by atoms with Crippen LogP contribution in [0.1, 0.15) is 45.4 Å². The van der Waals surface area contributed by atoms with Crippen molar-refractivity contribution in [3.63, 3.8) is 0 Å². The molecule has 20 heavy (non-hydrogen) atoms. The second-order valence-corrected chi connectivity index (χ2v) is 5.88. The summed E-state index contributed by atoms with van der Waals surface area (Å²) in [5.41, 5.74) is 0. The summed E-state index contributed by atoms with van der Waals surface area (Å²) in [4.78, 5) is 25.8. The van der Waals surface area contributed by atoms with E-state index < -0.39 is 0 Å². The Balaban J connectivity index is 1.74. The fourth-order valence-electron chi connectivity index (χ4n) is 3.20. The first-order valence-electron chi connectivity index (χ1n) is 7.87. The Morgan fingerprint density at radius 1 is 1.20 bits per heavy atom. The number of nitrogens with zero attached hydrogens (tertiary/aromatic N) is 1. The van der Waals surface area contributed by atoms with E-state index in [4.69, 9.17) is 4.74 Å². The molecule has 2 aliphatic rings. The van der Waals surface area contributed by atoms with Crippen LogP contribution >= 0.6 is 0 Å². The van der Waals surface area contributed by atoms with Gasteiger partial charge in [0.25, 0.3) is 0 Å². The molecule has 1 saturated heterocycles. The summed E-state index contributed by atoms with van der Waals surface area (Å²) in [6, 6.07) is 0.369. The number of rotatable bonds is 5. The first kappa shape index (κ1) is 15.3. The zero-order chi connectivity index (χ0) is 14.4. The molecule has 0 aromatic heterocycles. The number of nitrogens with one attached hydrogen (secondary N) is 1. The minimum atomic E-state index is -0.117. The topological polar surface area (TPSA) is 58.6 Å². The number of amides is 1. The van der Waals surface area contributed by atoms with Gasteiger partial charge in [-0.3, -0.25) is 14.5 Å². The highest BCUT2D eigenvalue weighted by molar-refractivity contribution is 5.78. The molecule has 0 aromatic carbocycles. The Morgan fingerprint density at radius 3 is 2.65 bits per heavy atom. The van der Waals surface area contributed by atoms with Crippen molar-refractivity contribution in [3.05, 3.63) is 0 Å². The second-order valence-electron chi connectivity index (χ2n) is 5.88. The lowest BCUT2D eigenvalue weighted by atomic mass is 9.98. The summed E-state index contributed by atoms with van der Waals surface area (Å²) in [5.74, 6) is -0.0854. The Labute approximate surface area is 121 Å². The molecule has 0 spiro atoms. The normalized spacial score (nSPS) is 24.6. The SMILES string of the molecule is CCOC(=O)[C@@H]1CCCN(CC(=O)NC2CCCC2)C1. The standard InChI is InChI=1S/C15H26N2O3/c1-2-20-15(19)12-6-5-9-17(10-12)11-14(18)16-13-7-3-4-8-13/h12-13H,2-11H2,1H3,(H,16,18)/t12-/m1/s1. The maximum Gasteiger partial charge on any atom is 0.310 e. The van der Waals surface area contributed by atoms with Crippen molar-refractivity contribution in [3.8, 4) is 0 Å². The molecule has 0 unspecified atom stereocenters. The average Bonchev–Trinajstić information content (AvgIpc) is 2.92. The van der Waals surface area contributed by atoms with E-state index in [1.165, 1.54) is 12.8 Å². The number of likely N-dealkylation sites (tertiary alicyclic amines) is 1. The zero-order valence-corrected chi connectivity index (χ0v) is 12.4. The summed E-state index contributed by atoms with van der Waals surface area (Å²) in [5, 5.41) is 3.10. The first-order valence-corrected chi connectivity index (χ1v) is 7.87. The summed E-state index contributed by atoms with van der Waals surface area (Å²) < 4.78 is 5.08. The monoisotopic (exact) mass is 282 g/mol. The second kappa shape index (κ2) is 7.62. The molecule has 2 rings (SSSR count). The molecule has 0 bridgehead atoms. The van der Waals surface area contributed by atoms with Gasteiger partial charge in [-0.25, -0.2) is 0 Å². The van der Waals surface area contributed by atoms with Crippen molar-refractivity contribution in [2.75, 3.05) is 26.2 Å². The van der Waals surface area contributed by atoms with Crippen LogP contribution in [-0.2, 0) is 14.3 Å². The fraction of sp³-hybridized carbons (Fsp3) is 0.867. The number of carbonyl (C=O) groups excluding carboxylic acids is 2. The van der Waals surface area contributed by atoms with Gasteiger partial charge in [0.2, 0.25) is 5.91 Å². The van der Waals surface area contributed by atoms with Crippen molar-refractivity contribution >= 4 is 11.9 Å². The van der Waals surface area contributed by atoms with E-state index in [0.717, 1.165) is 32.2 Å². The number of ether oxygens (including phenoxy) is 1. The lowest BCUT2D eigenvalue weighted by Gasteiger charge is -2.31. The number of esters is 1. The largest absolute Gasteiger partial charge is 0.466 e. The highest BCUT2D eigenvalue weighted by atomic mass is 16.5. The van der Waals surface area contributed by atoms with Gasteiger partial charge in [0.1, 0.15) is 0 Å². The van der Waals surface area contributed by atoms with Crippen LogP contribution in [0.25, 0.3) is 0 Å². The molecule has 1 saturated carbocycles. The molecule has 0 radical (unpaired) electrons. The molecule has 1 aliphatic carbocycles. The van der Waals surface area contributed by atoms with Gasteiger partial charge in [-0.15, -0.1) is 0 Å². The Morgan fingerprint density at radius 2 is 1.95 bits per heavy atom. The maximum absolute atomic E-state index is 12.0. The number of piperidine rings is 1. The third-order valence-corrected chi connectivity index (χ3v) is 4.21. The van der Waals surface area contributed by atoms with Crippen LogP contribution in [0.4, 0.5) is 0 Å². The van der Waals surface area contributed by atoms with Gasteiger partial charge in [0.05, 0.1) is 19.1 Å². The smallest absolute Gasteiger partial charge is 0.310 e. The van der Waals surface area contributed by atoms with Crippen molar-refractivity contribution < 1.29 is 14.3 Å². The van der Waals surface area contributed by atoms with Gasteiger partial charge in [0.15, 0.2) is 0 Å². The summed E-state index contributed by atoms with van der Waals surface area (Å²) in [6.45, 7) is 4.21. The Bertz CT molecular complexity index is 340. The molecule has 2 fully saturated rings. The molecule has 1 atom stereocenters. The zero-order valence-electron chi connectivity index (χ0n) is 12.4. The van der Waals surface area contributed by atoms with E-state index >= 15 is 0 Å². The summed E-state index contributed by atoms with van der Waals surface area (Å²) in [7, 11) is 0. The van der Waals surface area contributed by atoms with Crippen molar-refractivity contribution in [1.82, 2.24) is 10.2 Å². The van der Waals surface area contributed by atoms with E-state index in [-0.39, 0.29) is 17.8 Å². The highest BCUT2D eigenvalue weighted by Gasteiger charge is 2.28. The minimum Gasteiger partial charge on any atom is -0.466 e. The minimum absolute atomic E-state index is 0.0667. The lowest BCUT2D eigenvalue weighted by molar-refractivity contribution is -0.150. The molecular formula is C15H26N2O3. The number of carbonyl (C=O) groups is 2. The van der Waals surface area contributed by atoms with Crippen molar-refractivity contribution in [2.24, 2.45) is 5.92 Å². The Kier molecular flexibility index (Phi) is 5.83. The quantitative estimate of drug-likeness (QED) is 0.773. The van der Waals surface area contributed by atoms with Crippen molar-refractivity contribution in [2.45, 2.75) is 51.5 Å². The third kappa shape index (κ3) is 4.47. The van der Waals surface area contributed by atoms with Crippen LogP contribution in [0.15, 0.2) is 0 Å². The molecule has 1 aliphatic heterocycles. The lowest BCUT2D eigenvalue weighted by Crippen LogP contribution is -2.46. The van der Waals surface area contributed by atoms with E-state index in [1.54, 1.807) is 0 Å². The predicted octanol–water partition coefficient (Wildman–Crippen LogP) is 1.32. The van der Waals surface area contributed by atoms with E-state index in [2.05, 4.69) is 10.2 Å². The third-order valence-electron chi connectivity index (χ3n) is 4.21. The van der Waals surface area contributed by atoms with Gasteiger partial charge >= 0.3 is 5.97 Å². The number of hydrogen-bond acceptors (Lipinski definition) is 4. The molecular weight excluding hydrogens is 256 g/mol. The van der Waals surface area contributed by atoms with E-state index in [0.29, 0.717) is 25.7 Å². The van der Waals surface area contributed by atoms with E-state index in [9.17, 15) is 9.59 Å². The molecule has 0 aromatic rings. The summed E-state index contributed by atoms with van der Waals surface area (Å²) in [6.07, 6.45) is 6.49. The van der Waals surface area contributed by atoms with Crippen LogP contribution in [0, 0.1) is 5.92 Å². The van der Waals surface area contributed by atoms with Crippen LogP contribution in [0.3, 0.4) is 0 Å². The fourth-order valence-corrected chi connectivity index (χ4v) is 3.20. The van der Waals surface area contributed by atoms with Gasteiger partial charge < -0.3 is 10.1 Å². The summed E-state index contributed by atoms with van der Waals surface area (Å²) >= 11 is 0. The number of hydrogen-bond donors (Lipinski definition) is 1. The molecule has 1 amide bonds. The first-order chi connectivity index (χ1) is 9.69. The van der Waals surface area contributed by atoms with Crippen LogP contribution < -0.4 is 5.32 Å². The van der Waals surface area contributed by atoms with Crippen molar-refractivity contribution in [1.29, 1.82) is 0 Å². The molecule has 5 nitrogen and oxygen atoms in total. The van der Waals surface area contributed by atoms with Gasteiger partial charge in [0, 0.05) is 12.6 Å². The highest BCUT2D eigenvalue weighted by Crippen LogP contribution is 2.19.